The molecule has 0 bridgehead atoms. The Bertz CT molecular complexity index is 1540. The number of aromatic nitrogens is 1. The summed E-state index contributed by atoms with van der Waals surface area (Å²) in [6.07, 6.45) is 0. The summed E-state index contributed by atoms with van der Waals surface area (Å²) in [5.74, 6) is 0. The summed E-state index contributed by atoms with van der Waals surface area (Å²) in [5, 5.41) is 4.04. The molecule has 1 aromatic heterocycles. The highest BCUT2D eigenvalue weighted by atomic mass is 32.2. The highest BCUT2D eigenvalue weighted by Gasteiger charge is 2.35. The molecule has 0 N–H and O–H groups in total. The Morgan fingerprint density at radius 2 is 1.41 bits per heavy atom. The van der Waals surface area contributed by atoms with Crippen molar-refractivity contribution < 1.29 is 8.42 Å². The number of fused-ring (bicyclic) bond motifs is 9. The summed E-state index contributed by atoms with van der Waals surface area (Å²) in [4.78, 5) is 0.855. The molecule has 6 rings (SSSR count). The standard InChI is InChI=1S/C23H15NO2S/c1-24-18-12-10-14-6-2-3-7-15(14)21(18)22-19(24)13-11-17-16-8-4-5-9-20(16)27(25,26)23(17)22/h2-13H,1H3. The van der Waals surface area contributed by atoms with E-state index in [0.29, 0.717) is 9.79 Å². The van der Waals surface area contributed by atoms with Gasteiger partial charge in [0, 0.05) is 34.5 Å². The Kier molecular flexibility index (Phi) is 2.66. The molecule has 0 unspecified atom stereocenters. The van der Waals surface area contributed by atoms with Gasteiger partial charge in [-0.15, -0.1) is 0 Å². The average Bonchev–Trinajstić information content (AvgIpc) is 3.12. The maximum Gasteiger partial charge on any atom is 0.208 e. The second kappa shape index (κ2) is 4.78. The molecule has 0 saturated heterocycles. The van der Waals surface area contributed by atoms with Crippen LogP contribution in [0.2, 0.25) is 0 Å². The molecule has 0 amide bonds. The number of sulfone groups is 1. The van der Waals surface area contributed by atoms with Crippen molar-refractivity contribution in [3.63, 3.8) is 0 Å². The predicted molar refractivity (Wildman–Crippen MR) is 109 cm³/mol. The Morgan fingerprint density at radius 3 is 2.30 bits per heavy atom. The van der Waals surface area contributed by atoms with Gasteiger partial charge in [-0.25, -0.2) is 8.42 Å². The maximum absolute atomic E-state index is 13.5. The van der Waals surface area contributed by atoms with E-state index in [9.17, 15) is 8.42 Å². The van der Waals surface area contributed by atoms with Crippen molar-refractivity contribution in [1.82, 2.24) is 4.57 Å². The van der Waals surface area contributed by atoms with Gasteiger partial charge in [0.25, 0.3) is 0 Å². The van der Waals surface area contributed by atoms with Crippen molar-refractivity contribution in [3.8, 4) is 11.1 Å². The van der Waals surface area contributed by atoms with Gasteiger partial charge in [0.1, 0.15) is 0 Å². The molecule has 0 aliphatic carbocycles. The number of hydrogen-bond acceptors (Lipinski definition) is 2. The van der Waals surface area contributed by atoms with Gasteiger partial charge < -0.3 is 4.57 Å². The van der Waals surface area contributed by atoms with Crippen LogP contribution < -0.4 is 0 Å². The third-order valence-corrected chi connectivity index (χ3v) is 7.65. The van der Waals surface area contributed by atoms with Crippen molar-refractivity contribution in [1.29, 1.82) is 0 Å². The second-order valence-electron chi connectivity index (χ2n) is 7.08. The molecule has 130 valence electrons. The van der Waals surface area contributed by atoms with Gasteiger partial charge in [-0.3, -0.25) is 0 Å². The molecule has 27 heavy (non-hydrogen) atoms. The van der Waals surface area contributed by atoms with Crippen LogP contribution in [0.25, 0.3) is 43.7 Å². The zero-order valence-corrected chi connectivity index (χ0v) is 15.4. The Balaban J connectivity index is 1.96. The van der Waals surface area contributed by atoms with E-state index in [2.05, 4.69) is 28.8 Å². The molecule has 1 aliphatic rings. The van der Waals surface area contributed by atoms with Gasteiger partial charge >= 0.3 is 0 Å². The van der Waals surface area contributed by atoms with Crippen LogP contribution in [0.15, 0.2) is 82.6 Å². The number of benzene rings is 4. The smallest absolute Gasteiger partial charge is 0.208 e. The highest BCUT2D eigenvalue weighted by molar-refractivity contribution is 7.92. The van der Waals surface area contributed by atoms with E-state index in [1.807, 2.05) is 43.4 Å². The van der Waals surface area contributed by atoms with Gasteiger partial charge in [0.2, 0.25) is 9.84 Å². The summed E-state index contributed by atoms with van der Waals surface area (Å²) in [6, 6.07) is 23.6. The van der Waals surface area contributed by atoms with E-state index in [4.69, 9.17) is 0 Å². The van der Waals surface area contributed by atoms with Crippen LogP contribution in [0, 0.1) is 0 Å². The number of hydrogen-bond donors (Lipinski definition) is 0. The lowest BCUT2D eigenvalue weighted by Gasteiger charge is -2.04. The largest absolute Gasteiger partial charge is 0.344 e. The van der Waals surface area contributed by atoms with E-state index in [1.165, 1.54) is 0 Å². The lowest BCUT2D eigenvalue weighted by Crippen LogP contribution is -1.97. The van der Waals surface area contributed by atoms with Gasteiger partial charge in [0.05, 0.1) is 15.3 Å². The van der Waals surface area contributed by atoms with E-state index >= 15 is 0 Å². The zero-order valence-electron chi connectivity index (χ0n) is 14.6. The monoisotopic (exact) mass is 369 g/mol. The van der Waals surface area contributed by atoms with Crippen LogP contribution >= 0.6 is 0 Å². The zero-order chi connectivity index (χ0) is 18.3. The predicted octanol–water partition coefficient (Wildman–Crippen LogP) is 5.30. The Morgan fingerprint density at radius 1 is 0.704 bits per heavy atom. The van der Waals surface area contributed by atoms with Crippen LogP contribution in [-0.2, 0) is 16.9 Å². The first-order chi connectivity index (χ1) is 13.1. The van der Waals surface area contributed by atoms with Crippen molar-refractivity contribution in [3.05, 3.63) is 72.8 Å². The van der Waals surface area contributed by atoms with Crippen LogP contribution in [0.4, 0.5) is 0 Å². The van der Waals surface area contributed by atoms with E-state index in [-0.39, 0.29) is 0 Å². The van der Waals surface area contributed by atoms with E-state index in [0.717, 1.165) is 43.7 Å². The molecular formula is C23H15NO2S. The van der Waals surface area contributed by atoms with Gasteiger partial charge in [0.15, 0.2) is 0 Å². The van der Waals surface area contributed by atoms with Crippen LogP contribution in [0.1, 0.15) is 0 Å². The summed E-state index contributed by atoms with van der Waals surface area (Å²) >= 11 is 0. The molecule has 0 saturated carbocycles. The van der Waals surface area contributed by atoms with Gasteiger partial charge in [-0.1, -0.05) is 54.6 Å². The third kappa shape index (κ3) is 1.69. The first kappa shape index (κ1) is 15.0. The molecule has 4 aromatic carbocycles. The summed E-state index contributed by atoms with van der Waals surface area (Å²) in [6.45, 7) is 0. The molecule has 0 atom stereocenters. The fourth-order valence-electron chi connectivity index (χ4n) is 4.55. The lowest BCUT2D eigenvalue weighted by molar-refractivity contribution is 0.599. The van der Waals surface area contributed by atoms with Crippen LogP contribution in [-0.4, -0.2) is 13.0 Å². The molecular weight excluding hydrogens is 354 g/mol. The van der Waals surface area contributed by atoms with E-state index in [1.54, 1.807) is 12.1 Å². The lowest BCUT2D eigenvalue weighted by atomic mass is 10.00. The van der Waals surface area contributed by atoms with Crippen molar-refractivity contribution >= 4 is 42.4 Å². The molecule has 0 fully saturated rings. The van der Waals surface area contributed by atoms with Crippen molar-refractivity contribution in [2.75, 3.05) is 0 Å². The topological polar surface area (TPSA) is 39.1 Å². The van der Waals surface area contributed by atoms with Crippen LogP contribution in [0.5, 0.6) is 0 Å². The summed E-state index contributed by atoms with van der Waals surface area (Å²) in [7, 11) is -1.55. The number of rotatable bonds is 0. The molecule has 5 aromatic rings. The quantitative estimate of drug-likeness (QED) is 0.364. The Hall–Kier alpha value is -3.11. The first-order valence-electron chi connectivity index (χ1n) is 8.86. The molecule has 4 heteroatoms. The number of aryl methyl sites for hydroxylation is 1. The first-order valence-corrected chi connectivity index (χ1v) is 10.3. The van der Waals surface area contributed by atoms with Crippen LogP contribution in [0.3, 0.4) is 0 Å². The minimum absolute atomic E-state index is 0.407. The maximum atomic E-state index is 13.5. The summed E-state index contributed by atoms with van der Waals surface area (Å²) < 4.78 is 29.0. The second-order valence-corrected chi connectivity index (χ2v) is 8.93. The normalized spacial score (nSPS) is 14.7. The highest BCUT2D eigenvalue weighted by Crippen LogP contribution is 2.49. The van der Waals surface area contributed by atoms with Crippen molar-refractivity contribution in [2.24, 2.45) is 7.05 Å². The fraction of sp³-hybridized carbons (Fsp3) is 0.0435. The SMILES string of the molecule is Cn1c2ccc3c(c2c2c4ccccc4ccc21)S(=O)(=O)c1ccccc1-3. The van der Waals surface area contributed by atoms with E-state index < -0.39 is 9.84 Å². The minimum Gasteiger partial charge on any atom is -0.344 e. The molecule has 3 nitrogen and oxygen atoms in total. The molecule has 1 aliphatic heterocycles. The average molecular weight is 369 g/mol. The minimum atomic E-state index is -3.55. The van der Waals surface area contributed by atoms with Gasteiger partial charge in [-0.2, -0.15) is 0 Å². The molecule has 2 heterocycles. The Labute approximate surface area is 156 Å². The van der Waals surface area contributed by atoms with Crippen molar-refractivity contribution in [2.45, 2.75) is 9.79 Å². The van der Waals surface area contributed by atoms with Gasteiger partial charge in [-0.05, 0) is 29.0 Å². The molecule has 0 radical (unpaired) electrons. The molecule has 0 spiro atoms. The third-order valence-electron chi connectivity index (χ3n) is 5.75. The number of nitrogens with zero attached hydrogens (tertiary/aromatic N) is 1. The summed E-state index contributed by atoms with van der Waals surface area (Å²) in [5.41, 5.74) is 3.59. The fourth-order valence-corrected chi connectivity index (χ4v) is 6.44.